The van der Waals surface area contributed by atoms with Gasteiger partial charge in [-0.3, -0.25) is 24.1 Å². The molecule has 0 saturated carbocycles. The van der Waals surface area contributed by atoms with Crippen molar-refractivity contribution in [2.75, 3.05) is 13.1 Å². The topological polar surface area (TPSA) is 145 Å². The summed E-state index contributed by atoms with van der Waals surface area (Å²) in [6, 6.07) is 11.6. The lowest BCUT2D eigenvalue weighted by Gasteiger charge is -2.32. The van der Waals surface area contributed by atoms with E-state index in [-0.39, 0.29) is 23.9 Å². The lowest BCUT2D eigenvalue weighted by Crippen LogP contribution is -2.56. The Labute approximate surface area is 257 Å². The van der Waals surface area contributed by atoms with E-state index in [1.807, 2.05) is 0 Å². The number of hydrogen-bond donors (Lipinski definition) is 3. The number of amides is 4. The van der Waals surface area contributed by atoms with Gasteiger partial charge < -0.3 is 25.4 Å². The normalized spacial score (nSPS) is 19.6. The maximum Gasteiger partial charge on any atom is 0.410 e. The highest BCUT2D eigenvalue weighted by Crippen LogP contribution is 2.26. The Morgan fingerprint density at radius 3 is 2.14 bits per heavy atom. The molecule has 4 amide bonds. The van der Waals surface area contributed by atoms with E-state index in [9.17, 15) is 29.1 Å². The van der Waals surface area contributed by atoms with Crippen LogP contribution in [0.2, 0.25) is 0 Å². The molecule has 11 nitrogen and oxygen atoms in total. The number of nitrogens with one attached hydrogen (secondary N) is 2. The molecule has 0 bridgehead atoms. The number of hydrogen-bond acceptors (Lipinski definition) is 7. The molecule has 4 atom stereocenters. The van der Waals surface area contributed by atoms with Crippen LogP contribution in [0.15, 0.2) is 54.6 Å². The summed E-state index contributed by atoms with van der Waals surface area (Å²) >= 11 is 0. The van der Waals surface area contributed by atoms with Crippen LogP contribution in [0.25, 0.3) is 0 Å². The van der Waals surface area contributed by atoms with Crippen molar-refractivity contribution in [3.05, 3.63) is 65.7 Å². The molecule has 0 aromatic heterocycles. The fraction of sp³-hybridized carbons (Fsp3) is 0.485. The van der Waals surface area contributed by atoms with E-state index in [2.05, 4.69) is 10.6 Å². The van der Waals surface area contributed by atoms with E-state index >= 15 is 0 Å². The van der Waals surface area contributed by atoms with Crippen molar-refractivity contribution in [1.29, 1.82) is 0 Å². The van der Waals surface area contributed by atoms with E-state index < -0.39 is 47.7 Å². The molecule has 2 aliphatic heterocycles. The Balaban J connectivity index is 1.41. The van der Waals surface area contributed by atoms with Gasteiger partial charge in [-0.25, -0.2) is 4.79 Å². The minimum absolute atomic E-state index is 0.0879. The van der Waals surface area contributed by atoms with Gasteiger partial charge in [0.25, 0.3) is 0 Å². The summed E-state index contributed by atoms with van der Waals surface area (Å²) in [5.41, 5.74) is 0.469. The van der Waals surface area contributed by atoms with Gasteiger partial charge in [0.1, 0.15) is 29.5 Å². The van der Waals surface area contributed by atoms with Gasteiger partial charge in [-0.2, -0.15) is 0 Å². The fourth-order valence-electron chi connectivity index (χ4n) is 5.61. The number of phenols is 1. The van der Waals surface area contributed by atoms with Gasteiger partial charge in [-0.1, -0.05) is 42.5 Å². The fourth-order valence-corrected chi connectivity index (χ4v) is 5.61. The van der Waals surface area contributed by atoms with E-state index in [1.165, 1.54) is 28.9 Å². The third-order valence-corrected chi connectivity index (χ3v) is 7.82. The van der Waals surface area contributed by atoms with Gasteiger partial charge in [-0.05, 0) is 71.1 Å². The first-order valence-electron chi connectivity index (χ1n) is 15.1. The van der Waals surface area contributed by atoms with E-state index in [0.29, 0.717) is 44.3 Å². The number of benzene rings is 2. The monoisotopic (exact) mass is 606 g/mol. The Hall–Kier alpha value is -4.41. The van der Waals surface area contributed by atoms with Crippen LogP contribution < -0.4 is 10.6 Å². The standard InChI is InChI=1S/C33H42N4O7/c1-21(29(40)35-25(20-22-14-16-24(38)17-15-22)28(39)23-10-6-5-7-11-23)34-30(41)26-12-8-18-36(26)31(42)27-13-9-19-37(27)32(43)44-33(2,3)4/h5-7,10-11,14-17,21,25-27,38H,8-9,12-13,18-20H2,1-4H3,(H,34,41)(H,35,40). The zero-order valence-corrected chi connectivity index (χ0v) is 25.7. The minimum atomic E-state index is -0.990. The molecule has 2 heterocycles. The van der Waals surface area contributed by atoms with Crippen molar-refractivity contribution >= 4 is 29.6 Å². The van der Waals surface area contributed by atoms with Crippen molar-refractivity contribution in [2.24, 2.45) is 0 Å². The molecule has 2 aromatic carbocycles. The molecule has 2 aromatic rings. The molecule has 3 N–H and O–H groups in total. The maximum atomic E-state index is 13.6. The predicted octanol–water partition coefficient (Wildman–Crippen LogP) is 3.20. The third-order valence-electron chi connectivity index (χ3n) is 7.82. The second-order valence-corrected chi connectivity index (χ2v) is 12.4. The molecule has 2 aliphatic rings. The first kappa shape index (κ1) is 32.5. The van der Waals surface area contributed by atoms with Crippen LogP contribution in [0.1, 0.15) is 69.3 Å². The van der Waals surface area contributed by atoms with Gasteiger partial charge in [0.15, 0.2) is 5.78 Å². The molecule has 11 heteroatoms. The van der Waals surface area contributed by atoms with Gasteiger partial charge in [0, 0.05) is 25.1 Å². The lowest BCUT2D eigenvalue weighted by atomic mass is 9.97. The summed E-state index contributed by atoms with van der Waals surface area (Å²) in [7, 11) is 0. The van der Waals surface area contributed by atoms with Crippen LogP contribution in [0, 0.1) is 0 Å². The highest BCUT2D eigenvalue weighted by atomic mass is 16.6. The number of carbonyl (C=O) groups is 5. The van der Waals surface area contributed by atoms with Crippen LogP contribution >= 0.6 is 0 Å². The molecule has 44 heavy (non-hydrogen) atoms. The molecule has 4 rings (SSSR count). The Kier molecular flexibility index (Phi) is 10.3. The van der Waals surface area contributed by atoms with Gasteiger partial charge in [0.2, 0.25) is 17.7 Å². The Morgan fingerprint density at radius 2 is 1.50 bits per heavy atom. The summed E-state index contributed by atoms with van der Waals surface area (Å²) < 4.78 is 5.49. The second kappa shape index (κ2) is 13.9. The first-order chi connectivity index (χ1) is 20.8. The van der Waals surface area contributed by atoms with E-state index in [4.69, 9.17) is 4.74 Å². The molecule has 2 saturated heterocycles. The summed E-state index contributed by atoms with van der Waals surface area (Å²) in [6.45, 7) is 7.60. The summed E-state index contributed by atoms with van der Waals surface area (Å²) in [5.74, 6) is -1.52. The predicted molar refractivity (Wildman–Crippen MR) is 163 cm³/mol. The highest BCUT2D eigenvalue weighted by molar-refractivity contribution is 6.03. The molecule has 4 unspecified atom stereocenters. The van der Waals surface area contributed by atoms with Crippen LogP contribution in [0.4, 0.5) is 4.79 Å². The second-order valence-electron chi connectivity index (χ2n) is 12.4. The van der Waals surface area contributed by atoms with Crippen LogP contribution in [-0.2, 0) is 25.5 Å². The minimum Gasteiger partial charge on any atom is -0.508 e. The smallest absolute Gasteiger partial charge is 0.410 e. The zero-order chi connectivity index (χ0) is 32.0. The van der Waals surface area contributed by atoms with Gasteiger partial charge >= 0.3 is 6.09 Å². The number of carbonyl (C=O) groups excluding carboxylic acids is 5. The molecule has 236 valence electrons. The summed E-state index contributed by atoms with van der Waals surface area (Å²) in [4.78, 5) is 69.3. The number of ether oxygens (including phenoxy) is 1. The van der Waals surface area contributed by atoms with Crippen molar-refractivity contribution in [3.63, 3.8) is 0 Å². The number of Topliss-reactive ketones (excluding diaryl/α,β-unsaturated/α-hetero) is 1. The molecule has 0 spiro atoms. The van der Waals surface area contributed by atoms with Crippen LogP contribution in [0.3, 0.4) is 0 Å². The lowest BCUT2D eigenvalue weighted by molar-refractivity contribution is -0.142. The number of phenolic OH excluding ortho intramolecular Hbond substituents is 1. The molecular formula is C33H42N4O7. The van der Waals surface area contributed by atoms with Crippen LogP contribution in [0.5, 0.6) is 5.75 Å². The number of likely N-dealkylation sites (tertiary alicyclic amines) is 2. The average molecular weight is 607 g/mol. The molecular weight excluding hydrogens is 564 g/mol. The number of ketones is 1. The van der Waals surface area contributed by atoms with Crippen molar-refractivity contribution in [1.82, 2.24) is 20.4 Å². The zero-order valence-electron chi connectivity index (χ0n) is 25.7. The quantitative estimate of drug-likeness (QED) is 0.372. The van der Waals surface area contributed by atoms with E-state index in [0.717, 1.165) is 5.56 Å². The molecule has 0 radical (unpaired) electrons. The average Bonchev–Trinajstić information content (AvgIpc) is 3.67. The number of aromatic hydroxyl groups is 1. The number of nitrogens with zero attached hydrogens (tertiary/aromatic N) is 2. The van der Waals surface area contributed by atoms with Crippen molar-refractivity contribution in [2.45, 2.75) is 89.6 Å². The number of rotatable bonds is 9. The summed E-state index contributed by atoms with van der Waals surface area (Å²) in [5, 5.41) is 15.1. The third kappa shape index (κ3) is 8.15. The summed E-state index contributed by atoms with van der Waals surface area (Å²) in [6.07, 6.45) is 1.82. The Morgan fingerprint density at radius 1 is 0.886 bits per heavy atom. The molecule has 2 fully saturated rings. The first-order valence-corrected chi connectivity index (χ1v) is 15.1. The van der Waals surface area contributed by atoms with Gasteiger partial charge in [-0.15, -0.1) is 0 Å². The van der Waals surface area contributed by atoms with Crippen molar-refractivity contribution in [3.8, 4) is 5.75 Å². The SMILES string of the molecule is CC(NC(=O)C1CCCN1C(=O)C1CCCN1C(=O)OC(C)(C)C)C(=O)NC(Cc1ccc(O)cc1)C(=O)c1ccccc1. The Bertz CT molecular complexity index is 1360. The van der Waals surface area contributed by atoms with Gasteiger partial charge in [0.05, 0.1) is 6.04 Å². The highest BCUT2D eigenvalue weighted by Gasteiger charge is 2.43. The maximum absolute atomic E-state index is 13.6. The molecule has 0 aliphatic carbocycles. The van der Waals surface area contributed by atoms with Crippen LogP contribution in [-0.4, -0.2) is 87.4 Å². The largest absolute Gasteiger partial charge is 0.508 e. The van der Waals surface area contributed by atoms with E-state index in [1.54, 1.807) is 63.2 Å². The van der Waals surface area contributed by atoms with Crippen molar-refractivity contribution < 1.29 is 33.8 Å².